The first-order valence-electron chi connectivity index (χ1n) is 7.51. The second-order valence-corrected chi connectivity index (χ2v) is 5.65. The minimum atomic E-state index is 0.0540. The Morgan fingerprint density at radius 1 is 1.29 bits per heavy atom. The van der Waals surface area contributed by atoms with E-state index in [9.17, 15) is 4.79 Å². The summed E-state index contributed by atoms with van der Waals surface area (Å²) < 4.78 is 0. The SMILES string of the molecule is CN(Cc1cccc(C(=N)N)c1)C(=O)N1CCCCCC1. The van der Waals surface area contributed by atoms with E-state index in [4.69, 9.17) is 11.1 Å². The maximum Gasteiger partial charge on any atom is 0.320 e. The molecule has 5 nitrogen and oxygen atoms in total. The normalized spacial score (nSPS) is 15.4. The standard InChI is InChI=1S/C16H24N4O/c1-19(16(21)20-9-4-2-3-5-10-20)12-13-7-6-8-14(11-13)15(17)18/h6-8,11H,2-5,9-10,12H2,1H3,(H3,17,18). The lowest BCUT2D eigenvalue weighted by Gasteiger charge is -2.27. The van der Waals surface area contributed by atoms with Gasteiger partial charge >= 0.3 is 6.03 Å². The Labute approximate surface area is 126 Å². The van der Waals surface area contributed by atoms with Gasteiger partial charge in [0.15, 0.2) is 0 Å². The smallest absolute Gasteiger partial charge is 0.320 e. The van der Waals surface area contributed by atoms with Crippen molar-refractivity contribution in [1.82, 2.24) is 9.80 Å². The molecule has 0 bridgehead atoms. The third-order valence-electron chi connectivity index (χ3n) is 3.86. The number of hydrogen-bond donors (Lipinski definition) is 2. The lowest BCUT2D eigenvalue weighted by atomic mass is 10.1. The zero-order valence-corrected chi connectivity index (χ0v) is 12.6. The van der Waals surface area contributed by atoms with Crippen LogP contribution in [0.1, 0.15) is 36.8 Å². The van der Waals surface area contributed by atoms with Gasteiger partial charge in [-0.15, -0.1) is 0 Å². The van der Waals surface area contributed by atoms with Gasteiger partial charge in [-0.3, -0.25) is 5.41 Å². The number of nitrogens with zero attached hydrogens (tertiary/aromatic N) is 2. The highest BCUT2D eigenvalue weighted by atomic mass is 16.2. The van der Waals surface area contributed by atoms with Gasteiger partial charge in [-0.1, -0.05) is 31.0 Å². The van der Waals surface area contributed by atoms with Crippen molar-refractivity contribution in [1.29, 1.82) is 5.41 Å². The Kier molecular flexibility index (Phi) is 5.20. The highest BCUT2D eigenvalue weighted by Gasteiger charge is 2.19. The summed E-state index contributed by atoms with van der Waals surface area (Å²) in [5, 5.41) is 7.47. The van der Waals surface area contributed by atoms with Crippen LogP contribution in [-0.4, -0.2) is 41.8 Å². The first-order chi connectivity index (χ1) is 10.1. The monoisotopic (exact) mass is 288 g/mol. The number of nitrogens with two attached hydrogens (primary N) is 1. The zero-order valence-electron chi connectivity index (χ0n) is 12.6. The number of likely N-dealkylation sites (tertiary alicyclic amines) is 1. The Balaban J connectivity index is 1.99. The van der Waals surface area contributed by atoms with Crippen LogP contribution in [-0.2, 0) is 6.54 Å². The van der Waals surface area contributed by atoms with Gasteiger partial charge in [0.1, 0.15) is 5.84 Å². The predicted octanol–water partition coefficient (Wildman–Crippen LogP) is 2.40. The molecule has 21 heavy (non-hydrogen) atoms. The van der Waals surface area contributed by atoms with Gasteiger partial charge in [0.2, 0.25) is 0 Å². The van der Waals surface area contributed by atoms with E-state index in [1.807, 2.05) is 36.2 Å². The molecule has 0 aromatic heterocycles. The summed E-state index contributed by atoms with van der Waals surface area (Å²) in [6, 6.07) is 7.59. The second-order valence-electron chi connectivity index (χ2n) is 5.65. The Bertz CT molecular complexity index is 507. The van der Waals surface area contributed by atoms with E-state index in [0.717, 1.165) is 31.5 Å². The Morgan fingerprint density at radius 2 is 1.95 bits per heavy atom. The summed E-state index contributed by atoms with van der Waals surface area (Å²) >= 11 is 0. The number of carbonyl (C=O) groups is 1. The molecule has 0 saturated carbocycles. The average molecular weight is 288 g/mol. The van der Waals surface area contributed by atoms with Gasteiger partial charge in [-0.05, 0) is 24.5 Å². The van der Waals surface area contributed by atoms with Crippen molar-refractivity contribution in [2.45, 2.75) is 32.2 Å². The topological polar surface area (TPSA) is 73.4 Å². The summed E-state index contributed by atoms with van der Waals surface area (Å²) in [7, 11) is 1.83. The van der Waals surface area contributed by atoms with Crippen LogP contribution in [0, 0.1) is 5.41 Å². The summed E-state index contributed by atoms with van der Waals surface area (Å²) in [6.45, 7) is 2.25. The van der Waals surface area contributed by atoms with E-state index in [0.29, 0.717) is 12.1 Å². The van der Waals surface area contributed by atoms with Crippen molar-refractivity contribution >= 4 is 11.9 Å². The molecule has 0 aliphatic carbocycles. The molecule has 3 N–H and O–H groups in total. The molecule has 1 fully saturated rings. The maximum absolute atomic E-state index is 12.5. The second kappa shape index (κ2) is 7.11. The number of urea groups is 1. The predicted molar refractivity (Wildman–Crippen MR) is 84.4 cm³/mol. The van der Waals surface area contributed by atoms with E-state index < -0.39 is 0 Å². The largest absolute Gasteiger partial charge is 0.384 e. The molecule has 5 heteroatoms. The third kappa shape index (κ3) is 4.21. The molecular formula is C16H24N4O. The molecule has 0 atom stereocenters. The first kappa shape index (κ1) is 15.4. The number of benzene rings is 1. The highest BCUT2D eigenvalue weighted by molar-refractivity contribution is 5.95. The van der Waals surface area contributed by atoms with Crippen LogP contribution in [0.25, 0.3) is 0 Å². The lowest BCUT2D eigenvalue weighted by molar-refractivity contribution is 0.162. The van der Waals surface area contributed by atoms with E-state index in [1.165, 1.54) is 12.8 Å². The van der Waals surface area contributed by atoms with Crippen molar-refractivity contribution in [3.63, 3.8) is 0 Å². The van der Waals surface area contributed by atoms with Crippen molar-refractivity contribution in [2.24, 2.45) is 5.73 Å². The number of hydrogen-bond acceptors (Lipinski definition) is 2. The molecule has 1 aliphatic heterocycles. The molecule has 1 aromatic carbocycles. The van der Waals surface area contributed by atoms with Crippen molar-refractivity contribution in [3.8, 4) is 0 Å². The molecular weight excluding hydrogens is 264 g/mol. The maximum atomic E-state index is 12.5. The number of carbonyl (C=O) groups excluding carboxylic acids is 1. The summed E-state index contributed by atoms with van der Waals surface area (Å²) in [5.74, 6) is 0.0540. The molecule has 0 unspecified atom stereocenters. The molecule has 1 aliphatic rings. The van der Waals surface area contributed by atoms with Gasteiger partial charge in [0, 0.05) is 32.2 Å². The molecule has 1 saturated heterocycles. The summed E-state index contributed by atoms with van der Waals surface area (Å²) in [4.78, 5) is 16.1. The lowest BCUT2D eigenvalue weighted by Crippen LogP contribution is -2.41. The van der Waals surface area contributed by atoms with Gasteiger partial charge < -0.3 is 15.5 Å². The molecule has 2 amide bonds. The molecule has 1 aromatic rings. The van der Waals surface area contributed by atoms with Crippen LogP contribution < -0.4 is 5.73 Å². The van der Waals surface area contributed by atoms with Crippen LogP contribution in [0.2, 0.25) is 0 Å². The van der Waals surface area contributed by atoms with Gasteiger partial charge in [0.05, 0.1) is 0 Å². The zero-order chi connectivity index (χ0) is 15.2. The number of amides is 2. The van der Waals surface area contributed by atoms with Crippen LogP contribution >= 0.6 is 0 Å². The van der Waals surface area contributed by atoms with Crippen molar-refractivity contribution in [3.05, 3.63) is 35.4 Å². The first-order valence-corrected chi connectivity index (χ1v) is 7.51. The van der Waals surface area contributed by atoms with Crippen LogP contribution in [0.3, 0.4) is 0 Å². The highest BCUT2D eigenvalue weighted by Crippen LogP contribution is 2.13. The quantitative estimate of drug-likeness (QED) is 0.662. The number of rotatable bonds is 3. The molecule has 0 spiro atoms. The van der Waals surface area contributed by atoms with E-state index in [2.05, 4.69) is 0 Å². The molecule has 1 heterocycles. The fourth-order valence-electron chi connectivity index (χ4n) is 2.68. The van der Waals surface area contributed by atoms with Crippen molar-refractivity contribution < 1.29 is 4.79 Å². The fraction of sp³-hybridized carbons (Fsp3) is 0.500. The van der Waals surface area contributed by atoms with Gasteiger partial charge in [-0.25, -0.2) is 4.79 Å². The van der Waals surface area contributed by atoms with Gasteiger partial charge in [-0.2, -0.15) is 0 Å². The van der Waals surface area contributed by atoms with E-state index in [-0.39, 0.29) is 11.9 Å². The number of nitrogens with one attached hydrogen (secondary N) is 1. The summed E-state index contributed by atoms with van der Waals surface area (Å²) in [5.41, 5.74) is 7.19. The van der Waals surface area contributed by atoms with Crippen LogP contribution in [0.15, 0.2) is 24.3 Å². The number of nitrogen functional groups attached to an aromatic ring is 1. The number of amidine groups is 1. The Hall–Kier alpha value is -2.04. The van der Waals surface area contributed by atoms with Crippen LogP contribution in [0.5, 0.6) is 0 Å². The summed E-state index contributed by atoms with van der Waals surface area (Å²) in [6.07, 6.45) is 4.63. The average Bonchev–Trinajstić information content (AvgIpc) is 2.75. The minimum absolute atomic E-state index is 0.0540. The van der Waals surface area contributed by atoms with E-state index in [1.54, 1.807) is 4.90 Å². The van der Waals surface area contributed by atoms with Crippen molar-refractivity contribution in [2.75, 3.05) is 20.1 Å². The molecule has 0 radical (unpaired) electrons. The third-order valence-corrected chi connectivity index (χ3v) is 3.86. The van der Waals surface area contributed by atoms with Gasteiger partial charge in [0.25, 0.3) is 0 Å². The van der Waals surface area contributed by atoms with Crippen LogP contribution in [0.4, 0.5) is 4.79 Å². The fourth-order valence-corrected chi connectivity index (χ4v) is 2.68. The molecule has 114 valence electrons. The Morgan fingerprint density at radius 3 is 2.57 bits per heavy atom. The minimum Gasteiger partial charge on any atom is -0.384 e. The molecule has 2 rings (SSSR count). The van der Waals surface area contributed by atoms with E-state index >= 15 is 0 Å².